The third-order valence-electron chi connectivity index (χ3n) is 3.08. The van der Waals surface area contributed by atoms with Gasteiger partial charge in [0.25, 0.3) is 0 Å². The molecule has 0 radical (unpaired) electrons. The van der Waals surface area contributed by atoms with Crippen molar-refractivity contribution in [3.8, 4) is 0 Å². The van der Waals surface area contributed by atoms with Crippen LogP contribution < -0.4 is 0 Å². The zero-order valence-electron chi connectivity index (χ0n) is 11.2. The molecule has 0 aliphatic heterocycles. The lowest BCUT2D eigenvalue weighted by Crippen LogP contribution is -2.28. The second-order valence-corrected chi connectivity index (χ2v) is 4.19. The summed E-state index contributed by atoms with van der Waals surface area (Å²) in [5.74, 6) is -0.850. The van der Waals surface area contributed by atoms with Gasteiger partial charge >= 0.3 is 0 Å². The maximum Gasteiger partial charge on any atom is 0.214 e. The quantitative estimate of drug-likeness (QED) is 0.755. The minimum absolute atomic E-state index is 0.850. The Morgan fingerprint density at radius 1 is 0.789 bits per heavy atom. The molecule has 2 aromatic carbocycles. The molecule has 0 atom stereocenters. The molecule has 98 valence electrons. The molecule has 0 amide bonds. The Morgan fingerprint density at radius 2 is 1.32 bits per heavy atom. The highest BCUT2D eigenvalue weighted by Gasteiger charge is 2.28. The first-order valence-electron chi connectivity index (χ1n) is 6.21. The van der Waals surface area contributed by atoms with Crippen molar-refractivity contribution in [3.63, 3.8) is 0 Å². The molecule has 0 aliphatic carbocycles. The minimum Gasteiger partial charge on any atom is -0.346 e. The summed E-state index contributed by atoms with van der Waals surface area (Å²) in [5.41, 5.74) is 2.07. The van der Waals surface area contributed by atoms with Gasteiger partial charge < -0.3 is 9.47 Å². The smallest absolute Gasteiger partial charge is 0.214 e. The highest BCUT2D eigenvalue weighted by molar-refractivity contribution is 5.50. The fraction of sp³-hybridized carbons (Fsp3) is 0.176. The van der Waals surface area contributed by atoms with Crippen LogP contribution in [-0.4, -0.2) is 14.2 Å². The van der Waals surface area contributed by atoms with Crippen LogP contribution in [0, 0.1) is 0 Å². The molecule has 0 unspecified atom stereocenters. The number of methoxy groups -OCH3 is 2. The Morgan fingerprint density at radius 3 is 1.84 bits per heavy atom. The van der Waals surface area contributed by atoms with Gasteiger partial charge in [-0.25, -0.2) is 0 Å². The molecular formula is C17H18O2. The van der Waals surface area contributed by atoms with Crippen molar-refractivity contribution in [1.29, 1.82) is 0 Å². The SMILES string of the molecule is COC(C=Cc1ccccc1)(OC)c1ccccc1. The van der Waals surface area contributed by atoms with E-state index in [0.29, 0.717) is 0 Å². The van der Waals surface area contributed by atoms with E-state index in [2.05, 4.69) is 0 Å². The average Bonchev–Trinajstić information content (AvgIpc) is 2.51. The predicted molar refractivity (Wildman–Crippen MR) is 77.6 cm³/mol. The van der Waals surface area contributed by atoms with Crippen molar-refractivity contribution in [3.05, 3.63) is 77.9 Å². The second-order valence-electron chi connectivity index (χ2n) is 4.19. The van der Waals surface area contributed by atoms with Crippen LogP contribution in [0.25, 0.3) is 6.08 Å². The van der Waals surface area contributed by atoms with Gasteiger partial charge in [-0.15, -0.1) is 0 Å². The van der Waals surface area contributed by atoms with Gasteiger partial charge in [0.1, 0.15) is 0 Å². The number of hydrogen-bond acceptors (Lipinski definition) is 2. The summed E-state index contributed by atoms with van der Waals surface area (Å²) < 4.78 is 11.2. The van der Waals surface area contributed by atoms with E-state index >= 15 is 0 Å². The Labute approximate surface area is 114 Å². The van der Waals surface area contributed by atoms with Gasteiger partial charge in [-0.2, -0.15) is 0 Å². The molecule has 0 N–H and O–H groups in total. The van der Waals surface area contributed by atoms with Crippen LogP contribution >= 0.6 is 0 Å². The minimum atomic E-state index is -0.850. The highest BCUT2D eigenvalue weighted by Crippen LogP contribution is 2.28. The fourth-order valence-corrected chi connectivity index (χ4v) is 1.99. The fourth-order valence-electron chi connectivity index (χ4n) is 1.99. The number of benzene rings is 2. The lowest BCUT2D eigenvalue weighted by molar-refractivity contribution is -0.177. The Balaban J connectivity index is 2.33. The maximum absolute atomic E-state index is 5.59. The Bertz CT molecular complexity index is 513. The molecule has 2 aromatic rings. The van der Waals surface area contributed by atoms with Crippen molar-refractivity contribution in [2.45, 2.75) is 5.79 Å². The maximum atomic E-state index is 5.59. The van der Waals surface area contributed by atoms with E-state index in [-0.39, 0.29) is 0 Å². The van der Waals surface area contributed by atoms with E-state index in [4.69, 9.17) is 9.47 Å². The van der Waals surface area contributed by atoms with E-state index in [1.807, 2.05) is 72.8 Å². The summed E-state index contributed by atoms with van der Waals surface area (Å²) in [4.78, 5) is 0. The summed E-state index contributed by atoms with van der Waals surface area (Å²) in [6, 6.07) is 20.0. The van der Waals surface area contributed by atoms with Gasteiger partial charge in [0.2, 0.25) is 5.79 Å². The normalized spacial score (nSPS) is 11.9. The van der Waals surface area contributed by atoms with Crippen molar-refractivity contribution in [2.24, 2.45) is 0 Å². The van der Waals surface area contributed by atoms with Gasteiger partial charge in [0, 0.05) is 19.8 Å². The van der Waals surface area contributed by atoms with Gasteiger partial charge in [-0.1, -0.05) is 66.7 Å². The van der Waals surface area contributed by atoms with Crippen molar-refractivity contribution < 1.29 is 9.47 Å². The second kappa shape index (κ2) is 6.32. The van der Waals surface area contributed by atoms with E-state index in [1.165, 1.54) is 0 Å². The van der Waals surface area contributed by atoms with Gasteiger partial charge in [0.05, 0.1) is 0 Å². The molecule has 0 aromatic heterocycles. The molecule has 0 heterocycles. The summed E-state index contributed by atoms with van der Waals surface area (Å²) >= 11 is 0. The Hall–Kier alpha value is -1.90. The molecular weight excluding hydrogens is 236 g/mol. The third kappa shape index (κ3) is 3.11. The van der Waals surface area contributed by atoms with E-state index in [1.54, 1.807) is 14.2 Å². The average molecular weight is 254 g/mol. The van der Waals surface area contributed by atoms with Crippen LogP contribution in [0.4, 0.5) is 0 Å². The first-order chi connectivity index (χ1) is 9.30. The zero-order valence-corrected chi connectivity index (χ0v) is 11.2. The monoisotopic (exact) mass is 254 g/mol. The standard InChI is InChI=1S/C17H18O2/c1-18-17(19-2,16-11-7-4-8-12-16)14-13-15-9-5-3-6-10-15/h3-14H,1-2H3. The van der Waals surface area contributed by atoms with E-state index in [9.17, 15) is 0 Å². The van der Waals surface area contributed by atoms with E-state index < -0.39 is 5.79 Å². The number of hydrogen-bond donors (Lipinski definition) is 0. The zero-order chi connectivity index (χ0) is 13.6. The summed E-state index contributed by atoms with van der Waals surface area (Å²) in [5, 5.41) is 0. The summed E-state index contributed by atoms with van der Waals surface area (Å²) in [7, 11) is 3.29. The number of ether oxygens (including phenoxy) is 2. The van der Waals surface area contributed by atoms with Gasteiger partial charge in [-0.3, -0.25) is 0 Å². The first kappa shape index (κ1) is 13.5. The summed E-state index contributed by atoms with van der Waals surface area (Å²) in [6.07, 6.45) is 3.93. The highest BCUT2D eigenvalue weighted by atomic mass is 16.7. The lowest BCUT2D eigenvalue weighted by Gasteiger charge is -2.28. The van der Waals surface area contributed by atoms with Crippen LogP contribution in [0.1, 0.15) is 11.1 Å². The molecule has 2 rings (SSSR count). The molecule has 0 saturated carbocycles. The molecule has 0 spiro atoms. The van der Waals surface area contributed by atoms with Crippen LogP contribution in [0.5, 0.6) is 0 Å². The molecule has 0 bridgehead atoms. The van der Waals surface area contributed by atoms with Crippen molar-refractivity contribution in [2.75, 3.05) is 14.2 Å². The summed E-state index contributed by atoms with van der Waals surface area (Å²) in [6.45, 7) is 0. The van der Waals surface area contributed by atoms with Crippen LogP contribution in [0.2, 0.25) is 0 Å². The molecule has 19 heavy (non-hydrogen) atoms. The van der Waals surface area contributed by atoms with Crippen LogP contribution in [0.15, 0.2) is 66.7 Å². The Kier molecular flexibility index (Phi) is 4.50. The number of rotatable bonds is 5. The van der Waals surface area contributed by atoms with E-state index in [0.717, 1.165) is 11.1 Å². The van der Waals surface area contributed by atoms with Gasteiger partial charge in [-0.05, 0) is 11.6 Å². The molecule has 0 saturated heterocycles. The molecule has 2 heteroatoms. The predicted octanol–water partition coefficient (Wildman–Crippen LogP) is 3.85. The first-order valence-corrected chi connectivity index (χ1v) is 6.21. The molecule has 0 aliphatic rings. The van der Waals surface area contributed by atoms with Crippen molar-refractivity contribution >= 4 is 6.08 Å². The van der Waals surface area contributed by atoms with Crippen LogP contribution in [-0.2, 0) is 15.3 Å². The van der Waals surface area contributed by atoms with Crippen molar-refractivity contribution in [1.82, 2.24) is 0 Å². The van der Waals surface area contributed by atoms with Gasteiger partial charge in [0.15, 0.2) is 0 Å². The van der Waals surface area contributed by atoms with Crippen LogP contribution in [0.3, 0.4) is 0 Å². The topological polar surface area (TPSA) is 18.5 Å². The lowest BCUT2D eigenvalue weighted by atomic mass is 10.0. The third-order valence-corrected chi connectivity index (χ3v) is 3.08. The molecule has 0 fully saturated rings. The molecule has 2 nitrogen and oxygen atoms in total. The largest absolute Gasteiger partial charge is 0.346 e.